The van der Waals surface area contributed by atoms with Crippen molar-refractivity contribution >= 4 is 11.9 Å². The number of carbonyl (C=O) groups is 2. The Morgan fingerprint density at radius 1 is 0.735 bits per heavy atom. The molecule has 3 aliphatic rings. The van der Waals surface area contributed by atoms with Crippen molar-refractivity contribution in [3.05, 3.63) is 68.8 Å². The van der Waals surface area contributed by atoms with Crippen molar-refractivity contribution in [1.29, 1.82) is 0 Å². The molecule has 2 N–H and O–H groups in total. The fourth-order valence-corrected chi connectivity index (χ4v) is 5.16. The van der Waals surface area contributed by atoms with Crippen molar-refractivity contribution in [3.8, 4) is 0 Å². The van der Waals surface area contributed by atoms with Gasteiger partial charge in [0.05, 0.1) is 23.3 Å². The third-order valence-electron chi connectivity index (χ3n) is 7.19. The smallest absolute Gasteiger partial charge is 0.338 e. The van der Waals surface area contributed by atoms with Crippen LogP contribution in [0.15, 0.2) is 24.3 Å². The molecule has 0 bridgehead atoms. The van der Waals surface area contributed by atoms with Gasteiger partial charge in [0.1, 0.15) is 13.2 Å². The number of β-amino-alcohol motifs (C(OH)–C–C–N with tert-alkyl or cyclic N) is 2. The van der Waals surface area contributed by atoms with Crippen LogP contribution >= 0.6 is 0 Å². The number of benzene rings is 2. The third kappa shape index (κ3) is 4.34. The van der Waals surface area contributed by atoms with Gasteiger partial charge in [0, 0.05) is 50.4 Å². The van der Waals surface area contributed by atoms with Crippen LogP contribution in [0.3, 0.4) is 0 Å². The van der Waals surface area contributed by atoms with Crippen LogP contribution in [0.25, 0.3) is 0 Å². The predicted octanol–water partition coefficient (Wildman–Crippen LogP) is 2.03. The molecule has 1 saturated heterocycles. The Bertz CT molecular complexity index is 1050. The van der Waals surface area contributed by atoms with Gasteiger partial charge < -0.3 is 19.7 Å². The highest BCUT2D eigenvalue weighted by Gasteiger charge is 2.28. The number of aliphatic hydroxyl groups is 2. The van der Waals surface area contributed by atoms with Gasteiger partial charge in [-0.3, -0.25) is 9.80 Å². The Hall–Kier alpha value is -2.78. The molecule has 0 aliphatic carbocycles. The topological polar surface area (TPSA) is 99.5 Å². The van der Waals surface area contributed by atoms with E-state index in [-0.39, 0.29) is 25.2 Å². The Balaban J connectivity index is 1.16. The lowest BCUT2D eigenvalue weighted by Gasteiger charge is -2.36. The number of fused-ring (bicyclic) bond motifs is 2. The number of cyclic esters (lactones) is 2. The van der Waals surface area contributed by atoms with E-state index in [4.69, 9.17) is 9.47 Å². The Morgan fingerprint density at radius 2 is 1.12 bits per heavy atom. The zero-order valence-corrected chi connectivity index (χ0v) is 19.5. The summed E-state index contributed by atoms with van der Waals surface area (Å²) in [6.45, 7) is 8.55. The van der Waals surface area contributed by atoms with Crippen LogP contribution in [0.5, 0.6) is 0 Å². The van der Waals surface area contributed by atoms with E-state index < -0.39 is 12.2 Å². The van der Waals surface area contributed by atoms with Crippen molar-refractivity contribution in [2.45, 2.75) is 39.3 Å². The highest BCUT2D eigenvalue weighted by atomic mass is 16.5. The van der Waals surface area contributed by atoms with Crippen molar-refractivity contribution in [3.63, 3.8) is 0 Å². The monoisotopic (exact) mass is 466 g/mol. The fourth-order valence-electron chi connectivity index (χ4n) is 5.16. The molecule has 0 amide bonds. The summed E-state index contributed by atoms with van der Waals surface area (Å²) in [6.07, 6.45) is -1.28. The zero-order valence-electron chi connectivity index (χ0n) is 19.5. The van der Waals surface area contributed by atoms with E-state index in [1.165, 1.54) is 0 Å². The van der Waals surface area contributed by atoms with E-state index in [1.807, 2.05) is 38.1 Å². The van der Waals surface area contributed by atoms with Crippen LogP contribution in [0.4, 0.5) is 0 Å². The van der Waals surface area contributed by atoms with E-state index in [9.17, 15) is 19.8 Å². The van der Waals surface area contributed by atoms with Gasteiger partial charge in [-0.2, -0.15) is 0 Å². The van der Waals surface area contributed by atoms with Crippen molar-refractivity contribution < 1.29 is 29.3 Å². The predicted molar refractivity (Wildman–Crippen MR) is 123 cm³/mol. The van der Waals surface area contributed by atoms with Gasteiger partial charge in [0.25, 0.3) is 0 Å². The first kappa shape index (κ1) is 23.0. The van der Waals surface area contributed by atoms with E-state index >= 15 is 0 Å². The molecule has 2 atom stereocenters. The Kier molecular flexibility index (Phi) is 6.16. The lowest BCUT2D eigenvalue weighted by atomic mass is 9.96. The summed E-state index contributed by atoms with van der Waals surface area (Å²) in [5.74, 6) is -0.594. The average Bonchev–Trinajstić information content (AvgIpc) is 3.35. The second-order valence-electron chi connectivity index (χ2n) is 9.52. The Morgan fingerprint density at radius 3 is 1.50 bits per heavy atom. The van der Waals surface area contributed by atoms with Crippen LogP contribution in [-0.2, 0) is 22.7 Å². The summed E-state index contributed by atoms with van der Waals surface area (Å²) in [5, 5.41) is 21.8. The first-order chi connectivity index (χ1) is 16.3. The molecule has 0 radical (unpaired) electrons. The first-order valence-electron chi connectivity index (χ1n) is 11.7. The normalized spacial score (nSPS) is 20.0. The third-order valence-corrected chi connectivity index (χ3v) is 7.19. The number of nitrogens with zero attached hydrogens (tertiary/aromatic N) is 2. The molecule has 3 aliphatic heterocycles. The van der Waals surface area contributed by atoms with Crippen LogP contribution in [0, 0.1) is 13.8 Å². The average molecular weight is 467 g/mol. The van der Waals surface area contributed by atoms with Crippen LogP contribution < -0.4 is 0 Å². The summed E-state index contributed by atoms with van der Waals surface area (Å²) >= 11 is 0. The highest BCUT2D eigenvalue weighted by molar-refractivity contribution is 5.94. The minimum Gasteiger partial charge on any atom is -0.457 e. The van der Waals surface area contributed by atoms with Gasteiger partial charge in [0.15, 0.2) is 0 Å². The molecule has 2 aromatic rings. The molecule has 8 nitrogen and oxygen atoms in total. The van der Waals surface area contributed by atoms with Crippen LogP contribution in [-0.4, -0.2) is 71.2 Å². The zero-order chi connectivity index (χ0) is 24.0. The van der Waals surface area contributed by atoms with E-state index in [0.717, 1.165) is 59.6 Å². The maximum absolute atomic E-state index is 11.8. The molecular weight excluding hydrogens is 436 g/mol. The van der Waals surface area contributed by atoms with Gasteiger partial charge in [0.2, 0.25) is 0 Å². The number of esters is 2. The molecule has 3 heterocycles. The quantitative estimate of drug-likeness (QED) is 0.624. The van der Waals surface area contributed by atoms with Gasteiger partial charge in [-0.15, -0.1) is 0 Å². The number of aryl methyl sites for hydroxylation is 2. The maximum atomic E-state index is 11.8. The summed E-state index contributed by atoms with van der Waals surface area (Å²) < 4.78 is 10.2. The van der Waals surface area contributed by atoms with Crippen LogP contribution in [0.1, 0.15) is 66.3 Å². The molecule has 0 spiro atoms. The van der Waals surface area contributed by atoms with Crippen molar-refractivity contribution in [2.24, 2.45) is 0 Å². The molecule has 0 saturated carbocycles. The number of ether oxygens (including phenoxy) is 2. The number of aliphatic hydroxyl groups excluding tert-OH is 2. The number of rotatable bonds is 6. The largest absolute Gasteiger partial charge is 0.457 e. The van der Waals surface area contributed by atoms with Crippen LogP contribution in [0.2, 0.25) is 0 Å². The van der Waals surface area contributed by atoms with Crippen molar-refractivity contribution in [2.75, 3.05) is 39.3 Å². The van der Waals surface area contributed by atoms with Gasteiger partial charge in [-0.05, 0) is 60.4 Å². The summed E-state index contributed by atoms with van der Waals surface area (Å²) in [4.78, 5) is 28.0. The van der Waals surface area contributed by atoms with Gasteiger partial charge >= 0.3 is 11.9 Å². The first-order valence-corrected chi connectivity index (χ1v) is 11.7. The number of hydrogen-bond donors (Lipinski definition) is 2. The number of hydrogen-bond acceptors (Lipinski definition) is 8. The maximum Gasteiger partial charge on any atom is 0.338 e. The van der Waals surface area contributed by atoms with E-state index in [2.05, 4.69) is 9.80 Å². The SMILES string of the molecule is Cc1cc2c(cc1C(O)CN1CCN(CC(O)c3cc4c(cc3C)C(=O)OC4)CC1)COC2=O. The molecule has 2 unspecified atom stereocenters. The molecule has 8 heteroatoms. The molecule has 2 aromatic carbocycles. The number of carbonyl (C=O) groups excluding carboxylic acids is 2. The van der Waals surface area contributed by atoms with Crippen molar-refractivity contribution in [1.82, 2.24) is 9.80 Å². The standard InChI is InChI=1S/C26H30N2O6/c1-15-7-21-17(13-33-25(21)31)9-19(15)23(29)11-27-3-5-28(6-4-27)12-24(30)20-10-18-14-34-26(32)22(18)8-16(20)2/h7-10,23-24,29-30H,3-6,11-14H2,1-2H3. The molecule has 180 valence electrons. The second kappa shape index (κ2) is 9.11. The van der Waals surface area contributed by atoms with Gasteiger partial charge in [-0.25, -0.2) is 9.59 Å². The minimum absolute atomic E-state index is 0.266. The summed E-state index contributed by atoms with van der Waals surface area (Å²) in [6, 6.07) is 7.41. The Labute approximate surface area is 198 Å². The minimum atomic E-state index is -0.642. The summed E-state index contributed by atoms with van der Waals surface area (Å²) in [7, 11) is 0. The highest BCUT2D eigenvalue weighted by Crippen LogP contribution is 2.29. The molecule has 1 fully saturated rings. The molecule has 34 heavy (non-hydrogen) atoms. The lowest BCUT2D eigenvalue weighted by Crippen LogP contribution is -2.48. The fraction of sp³-hybridized carbons (Fsp3) is 0.462. The second-order valence-corrected chi connectivity index (χ2v) is 9.52. The van der Waals surface area contributed by atoms with E-state index in [0.29, 0.717) is 24.2 Å². The summed E-state index contributed by atoms with van der Waals surface area (Å²) in [5.41, 5.74) is 6.32. The molecule has 5 rings (SSSR count). The van der Waals surface area contributed by atoms with Gasteiger partial charge in [-0.1, -0.05) is 0 Å². The lowest BCUT2D eigenvalue weighted by molar-refractivity contribution is 0.0478. The molecule has 0 aromatic heterocycles. The number of piperazine rings is 1. The molecular formula is C26H30N2O6. The van der Waals surface area contributed by atoms with E-state index in [1.54, 1.807) is 0 Å².